The highest BCUT2D eigenvalue weighted by Gasteiger charge is 2.29. The minimum absolute atomic E-state index is 0.0233. The van der Waals surface area contributed by atoms with E-state index in [9.17, 15) is 18.0 Å². The maximum absolute atomic E-state index is 12.9. The van der Waals surface area contributed by atoms with Crippen LogP contribution in [-0.2, 0) is 19.6 Å². The molecule has 1 aromatic rings. The number of sulfonamides is 1. The van der Waals surface area contributed by atoms with E-state index in [0.717, 1.165) is 6.42 Å². The van der Waals surface area contributed by atoms with Gasteiger partial charge in [0.1, 0.15) is 0 Å². The molecule has 1 saturated carbocycles. The molecule has 0 spiro atoms. The Hall–Kier alpha value is -2.19. The number of hydrogen-bond donors (Lipinski definition) is 2. The van der Waals surface area contributed by atoms with E-state index >= 15 is 0 Å². The number of hydrogen-bond acceptors (Lipinski definition) is 4. The van der Waals surface area contributed by atoms with Gasteiger partial charge in [0, 0.05) is 31.2 Å². The Balaban J connectivity index is 1.50. The average Bonchev–Trinajstić information content (AvgIpc) is 2.79. The number of carbonyl (C=O) groups is 2. The van der Waals surface area contributed by atoms with Crippen molar-refractivity contribution in [3.8, 4) is 0 Å². The molecule has 1 aliphatic heterocycles. The van der Waals surface area contributed by atoms with Crippen molar-refractivity contribution in [3.05, 3.63) is 36.9 Å². The molecule has 1 saturated heterocycles. The highest BCUT2D eigenvalue weighted by atomic mass is 32.2. The van der Waals surface area contributed by atoms with Crippen LogP contribution in [0.5, 0.6) is 0 Å². The maximum Gasteiger partial charge on any atom is 0.243 e. The lowest BCUT2D eigenvalue weighted by atomic mass is 9.86. The molecule has 2 aliphatic rings. The summed E-state index contributed by atoms with van der Waals surface area (Å²) in [4.78, 5) is 23.9. The van der Waals surface area contributed by atoms with E-state index in [4.69, 9.17) is 0 Å². The van der Waals surface area contributed by atoms with Crippen molar-refractivity contribution < 1.29 is 18.0 Å². The molecule has 0 unspecified atom stereocenters. The van der Waals surface area contributed by atoms with Crippen LogP contribution in [0.1, 0.15) is 57.8 Å². The van der Waals surface area contributed by atoms with Crippen molar-refractivity contribution in [2.75, 3.05) is 18.4 Å². The molecular formula is C23H33N3O4S. The van der Waals surface area contributed by atoms with E-state index < -0.39 is 10.0 Å². The quantitative estimate of drug-likeness (QED) is 0.597. The van der Waals surface area contributed by atoms with E-state index in [-0.39, 0.29) is 22.8 Å². The van der Waals surface area contributed by atoms with Crippen LogP contribution < -0.4 is 10.6 Å². The average molecular weight is 448 g/mol. The number of amides is 2. The molecule has 8 heteroatoms. The molecule has 2 N–H and O–H groups in total. The number of carbonyl (C=O) groups excluding carboxylic acids is 2. The molecule has 2 fully saturated rings. The van der Waals surface area contributed by atoms with Gasteiger partial charge in [-0.05, 0) is 55.5 Å². The molecule has 0 bridgehead atoms. The molecular weight excluding hydrogens is 414 g/mol. The smallest absolute Gasteiger partial charge is 0.243 e. The Kier molecular flexibility index (Phi) is 8.26. The van der Waals surface area contributed by atoms with Crippen molar-refractivity contribution in [1.82, 2.24) is 9.62 Å². The fourth-order valence-corrected chi connectivity index (χ4v) is 5.86. The highest BCUT2D eigenvalue weighted by Crippen LogP contribution is 2.27. The first-order valence-electron chi connectivity index (χ1n) is 11.2. The van der Waals surface area contributed by atoms with E-state index in [1.807, 2.05) is 0 Å². The molecule has 3 rings (SSSR count). The van der Waals surface area contributed by atoms with Gasteiger partial charge in [0.05, 0.1) is 4.90 Å². The molecule has 2 amide bonds. The summed E-state index contributed by atoms with van der Waals surface area (Å²) in [6.07, 6.45) is 10.1. The van der Waals surface area contributed by atoms with Crippen LogP contribution in [0.25, 0.3) is 0 Å². The summed E-state index contributed by atoms with van der Waals surface area (Å²) in [7, 11) is -3.60. The lowest BCUT2D eigenvalue weighted by Crippen LogP contribution is -2.46. The first-order valence-corrected chi connectivity index (χ1v) is 12.7. The lowest BCUT2D eigenvalue weighted by Gasteiger charge is -2.31. The Bertz CT molecular complexity index is 869. The third kappa shape index (κ3) is 6.64. The number of benzene rings is 1. The predicted octanol–water partition coefficient (Wildman–Crippen LogP) is 3.44. The van der Waals surface area contributed by atoms with Gasteiger partial charge in [-0.25, -0.2) is 8.42 Å². The fraction of sp³-hybridized carbons (Fsp3) is 0.565. The lowest BCUT2D eigenvalue weighted by molar-refractivity contribution is -0.117. The van der Waals surface area contributed by atoms with Gasteiger partial charge in [-0.1, -0.05) is 38.7 Å². The standard InChI is InChI=1S/C23H33N3O4S/c1-2-22(27)24-20-14-16-26(17-15-20)31(29,30)21-11-9-19(10-12-21)25-23(28)13-8-18-6-4-3-5-7-18/h2,9-12,18,20H,1,3-8,13-17H2,(H,24,27)(H,25,28). The van der Waals surface area contributed by atoms with Gasteiger partial charge < -0.3 is 10.6 Å². The van der Waals surface area contributed by atoms with Gasteiger partial charge in [-0.3, -0.25) is 9.59 Å². The Morgan fingerprint density at radius 2 is 1.68 bits per heavy atom. The number of nitrogens with one attached hydrogen (secondary N) is 2. The largest absolute Gasteiger partial charge is 0.350 e. The zero-order chi connectivity index (χ0) is 22.3. The van der Waals surface area contributed by atoms with Crippen molar-refractivity contribution in [2.45, 2.75) is 68.7 Å². The Morgan fingerprint density at radius 1 is 1.03 bits per heavy atom. The zero-order valence-corrected chi connectivity index (χ0v) is 18.8. The van der Waals surface area contributed by atoms with Crippen molar-refractivity contribution >= 4 is 27.5 Å². The first kappa shape index (κ1) is 23.5. The van der Waals surface area contributed by atoms with E-state index in [0.29, 0.717) is 44.0 Å². The summed E-state index contributed by atoms with van der Waals surface area (Å²) in [6.45, 7) is 4.13. The van der Waals surface area contributed by atoms with Crippen LogP contribution in [-0.4, -0.2) is 43.7 Å². The fourth-order valence-electron chi connectivity index (χ4n) is 4.39. The van der Waals surface area contributed by atoms with E-state index in [1.165, 1.54) is 54.6 Å². The van der Waals surface area contributed by atoms with Crippen LogP contribution in [0.2, 0.25) is 0 Å². The number of rotatable bonds is 8. The summed E-state index contributed by atoms with van der Waals surface area (Å²) in [5.74, 6) is 0.392. The summed E-state index contributed by atoms with van der Waals surface area (Å²) in [6, 6.07) is 6.32. The van der Waals surface area contributed by atoms with Crippen molar-refractivity contribution in [3.63, 3.8) is 0 Å². The van der Waals surface area contributed by atoms with Crippen molar-refractivity contribution in [2.24, 2.45) is 5.92 Å². The summed E-state index contributed by atoms with van der Waals surface area (Å²) >= 11 is 0. The van der Waals surface area contributed by atoms with Gasteiger partial charge in [-0.2, -0.15) is 4.31 Å². The topological polar surface area (TPSA) is 95.6 Å². The molecule has 1 aromatic carbocycles. The van der Waals surface area contributed by atoms with Crippen LogP contribution in [0.4, 0.5) is 5.69 Å². The van der Waals surface area contributed by atoms with Gasteiger partial charge in [0.25, 0.3) is 0 Å². The normalized spacial score (nSPS) is 19.0. The van der Waals surface area contributed by atoms with Crippen molar-refractivity contribution in [1.29, 1.82) is 0 Å². The summed E-state index contributed by atoms with van der Waals surface area (Å²) in [5.41, 5.74) is 0.610. The third-order valence-corrected chi connectivity index (χ3v) is 8.18. The van der Waals surface area contributed by atoms with Crippen LogP contribution >= 0.6 is 0 Å². The van der Waals surface area contributed by atoms with Gasteiger partial charge in [-0.15, -0.1) is 0 Å². The van der Waals surface area contributed by atoms with E-state index in [1.54, 1.807) is 12.1 Å². The number of piperidine rings is 1. The molecule has 1 heterocycles. The second-order valence-corrected chi connectivity index (χ2v) is 10.4. The molecule has 0 radical (unpaired) electrons. The second-order valence-electron chi connectivity index (χ2n) is 8.51. The van der Waals surface area contributed by atoms with Crippen LogP contribution in [0, 0.1) is 5.92 Å². The van der Waals surface area contributed by atoms with Gasteiger partial charge in [0.2, 0.25) is 21.8 Å². The molecule has 0 aromatic heterocycles. The summed E-state index contributed by atoms with van der Waals surface area (Å²) < 4.78 is 27.3. The molecule has 7 nitrogen and oxygen atoms in total. The van der Waals surface area contributed by atoms with Crippen LogP contribution in [0.15, 0.2) is 41.8 Å². The zero-order valence-electron chi connectivity index (χ0n) is 18.0. The maximum atomic E-state index is 12.9. The monoisotopic (exact) mass is 447 g/mol. The van der Waals surface area contributed by atoms with E-state index in [2.05, 4.69) is 17.2 Å². The molecule has 170 valence electrons. The third-order valence-electron chi connectivity index (χ3n) is 6.27. The minimum Gasteiger partial charge on any atom is -0.350 e. The SMILES string of the molecule is C=CC(=O)NC1CCN(S(=O)(=O)c2ccc(NC(=O)CCC3CCCCC3)cc2)CC1. The molecule has 31 heavy (non-hydrogen) atoms. The number of anilines is 1. The van der Waals surface area contributed by atoms with Gasteiger partial charge in [0.15, 0.2) is 0 Å². The highest BCUT2D eigenvalue weighted by molar-refractivity contribution is 7.89. The molecule has 0 atom stereocenters. The predicted molar refractivity (Wildman–Crippen MR) is 121 cm³/mol. The second kappa shape index (κ2) is 10.9. The minimum atomic E-state index is -3.60. The Labute approximate surface area is 185 Å². The molecule has 1 aliphatic carbocycles. The van der Waals surface area contributed by atoms with Gasteiger partial charge >= 0.3 is 0 Å². The summed E-state index contributed by atoms with van der Waals surface area (Å²) in [5, 5.41) is 5.69. The van der Waals surface area contributed by atoms with Crippen LogP contribution in [0.3, 0.4) is 0 Å². The number of nitrogens with zero attached hydrogens (tertiary/aromatic N) is 1. The Morgan fingerprint density at radius 3 is 2.29 bits per heavy atom. The first-order chi connectivity index (χ1) is 14.9.